The molecule has 0 radical (unpaired) electrons. The molecule has 224 valence electrons. The Morgan fingerprint density at radius 1 is 0.929 bits per heavy atom. The van der Waals surface area contributed by atoms with Gasteiger partial charge in [0.25, 0.3) is 5.91 Å². The van der Waals surface area contributed by atoms with Gasteiger partial charge in [-0.25, -0.2) is 9.78 Å². The number of carbonyl (C=O) groups is 2. The van der Waals surface area contributed by atoms with Gasteiger partial charge in [0.1, 0.15) is 10.7 Å². The summed E-state index contributed by atoms with van der Waals surface area (Å²) in [6.45, 7) is 6.14. The first-order valence-electron chi connectivity index (χ1n) is 13.9. The van der Waals surface area contributed by atoms with E-state index in [0.29, 0.717) is 63.1 Å². The third-order valence-electron chi connectivity index (χ3n) is 7.23. The van der Waals surface area contributed by atoms with Crippen LogP contribution in [-0.2, 0) is 24.2 Å². The normalized spacial score (nSPS) is 14.3. The van der Waals surface area contributed by atoms with E-state index in [1.165, 1.54) is 11.3 Å². The van der Waals surface area contributed by atoms with Crippen LogP contribution in [0.4, 0.5) is 4.79 Å². The number of hydrogen-bond donors (Lipinski definition) is 0. The largest absolute Gasteiger partial charge is 0.493 e. The number of benzene rings is 2. The molecule has 11 nitrogen and oxygen atoms in total. The number of nitrogens with zero attached hydrogens (tertiary/aromatic N) is 4. The number of piperazine rings is 1. The van der Waals surface area contributed by atoms with Crippen molar-refractivity contribution in [3.05, 3.63) is 63.6 Å². The Morgan fingerprint density at radius 2 is 1.67 bits per heavy atom. The Hall–Kier alpha value is -4.03. The summed E-state index contributed by atoms with van der Waals surface area (Å²) in [4.78, 5) is 35.6. The second-order valence-corrected chi connectivity index (χ2v) is 10.9. The Morgan fingerprint density at radius 3 is 2.43 bits per heavy atom. The lowest BCUT2D eigenvalue weighted by atomic mass is 10.1. The molecule has 0 unspecified atom stereocenters. The van der Waals surface area contributed by atoms with Gasteiger partial charge < -0.3 is 33.5 Å². The van der Waals surface area contributed by atoms with Crippen molar-refractivity contribution < 1.29 is 33.3 Å². The monoisotopic (exact) mass is 596 g/mol. The summed E-state index contributed by atoms with van der Waals surface area (Å²) in [5.41, 5.74) is 2.65. The number of aromatic nitrogens is 1. The van der Waals surface area contributed by atoms with Crippen molar-refractivity contribution >= 4 is 23.3 Å². The minimum Gasteiger partial charge on any atom is -0.493 e. The molecule has 0 spiro atoms. The molecule has 0 aliphatic carbocycles. The maximum Gasteiger partial charge on any atom is 0.409 e. The number of rotatable bonds is 11. The SMILES string of the molecule is CCOC(=O)N1CCN(C(=O)c2csc(CN(CCc3ccc(OC)c(OC)c3)Cc3ccc4c(c3)OCO4)n2)CC1. The fourth-order valence-corrected chi connectivity index (χ4v) is 5.79. The van der Waals surface area contributed by atoms with Crippen LogP contribution in [0, 0.1) is 0 Å². The highest BCUT2D eigenvalue weighted by molar-refractivity contribution is 7.09. The van der Waals surface area contributed by atoms with Crippen LogP contribution in [0.15, 0.2) is 41.8 Å². The third kappa shape index (κ3) is 7.05. The molecule has 1 saturated heterocycles. The predicted octanol–water partition coefficient (Wildman–Crippen LogP) is 4.05. The molecular formula is C30H36N4O7S. The van der Waals surface area contributed by atoms with E-state index >= 15 is 0 Å². The van der Waals surface area contributed by atoms with Crippen LogP contribution in [0.1, 0.15) is 33.5 Å². The summed E-state index contributed by atoms with van der Waals surface area (Å²) >= 11 is 1.48. The first-order chi connectivity index (χ1) is 20.5. The highest BCUT2D eigenvalue weighted by atomic mass is 32.1. The van der Waals surface area contributed by atoms with E-state index in [-0.39, 0.29) is 18.8 Å². The van der Waals surface area contributed by atoms with Crippen molar-refractivity contribution in [2.24, 2.45) is 0 Å². The Balaban J connectivity index is 1.25. The van der Waals surface area contributed by atoms with Gasteiger partial charge in [0.2, 0.25) is 6.79 Å². The van der Waals surface area contributed by atoms with Gasteiger partial charge in [0, 0.05) is 44.6 Å². The van der Waals surface area contributed by atoms with Gasteiger partial charge in [-0.1, -0.05) is 12.1 Å². The molecule has 1 aromatic heterocycles. The predicted molar refractivity (Wildman–Crippen MR) is 157 cm³/mol. The summed E-state index contributed by atoms with van der Waals surface area (Å²) < 4.78 is 27.0. The van der Waals surface area contributed by atoms with E-state index in [2.05, 4.69) is 4.90 Å². The maximum absolute atomic E-state index is 13.2. The smallest absolute Gasteiger partial charge is 0.409 e. The van der Waals surface area contributed by atoms with Crippen molar-refractivity contribution in [2.75, 3.05) is 60.3 Å². The van der Waals surface area contributed by atoms with Crippen molar-refractivity contribution in [2.45, 2.75) is 26.4 Å². The van der Waals surface area contributed by atoms with E-state index in [4.69, 9.17) is 28.7 Å². The molecule has 2 amide bonds. The lowest BCUT2D eigenvalue weighted by Gasteiger charge is -2.33. The topological polar surface area (TPSA) is 103 Å². The summed E-state index contributed by atoms with van der Waals surface area (Å²) in [6.07, 6.45) is 0.448. The molecule has 5 rings (SSSR count). The minimum absolute atomic E-state index is 0.117. The molecule has 12 heteroatoms. The van der Waals surface area contributed by atoms with Crippen LogP contribution < -0.4 is 18.9 Å². The standard InChI is InChI=1S/C30H36N4O7S/c1-4-39-30(36)34-13-11-33(12-14-34)29(35)23-19-42-28(31-23)18-32(17-22-6-8-25-27(16-22)41-20-40-25)10-9-21-5-7-24(37-2)26(15-21)38-3/h5-8,15-16,19H,4,9-14,17-18,20H2,1-3H3. The molecule has 42 heavy (non-hydrogen) atoms. The first kappa shape index (κ1) is 29.5. The molecule has 2 aliphatic heterocycles. The van der Waals surface area contributed by atoms with Gasteiger partial charge in [-0.15, -0.1) is 11.3 Å². The zero-order chi connectivity index (χ0) is 29.5. The summed E-state index contributed by atoms with van der Waals surface area (Å²) in [5.74, 6) is 2.78. The van der Waals surface area contributed by atoms with Gasteiger partial charge in [-0.05, 0) is 48.7 Å². The second-order valence-electron chi connectivity index (χ2n) is 9.94. The number of carbonyl (C=O) groups excluding carboxylic acids is 2. The Labute approximate surface area is 249 Å². The number of fused-ring (bicyclic) bond motifs is 1. The minimum atomic E-state index is -0.337. The van der Waals surface area contributed by atoms with Crippen LogP contribution in [0.25, 0.3) is 0 Å². The number of methoxy groups -OCH3 is 2. The van der Waals surface area contributed by atoms with Gasteiger partial charge >= 0.3 is 6.09 Å². The average Bonchev–Trinajstić information content (AvgIpc) is 3.69. The van der Waals surface area contributed by atoms with Gasteiger partial charge in [0.15, 0.2) is 23.0 Å². The number of amides is 2. The molecule has 3 heterocycles. The van der Waals surface area contributed by atoms with Crippen molar-refractivity contribution in [3.63, 3.8) is 0 Å². The van der Waals surface area contributed by atoms with Crippen LogP contribution >= 0.6 is 11.3 Å². The first-order valence-corrected chi connectivity index (χ1v) is 14.8. The number of thiazole rings is 1. The van der Waals surface area contributed by atoms with Gasteiger partial charge in [-0.2, -0.15) is 0 Å². The zero-order valence-corrected chi connectivity index (χ0v) is 25.0. The quantitative estimate of drug-likeness (QED) is 0.324. The number of hydrogen-bond acceptors (Lipinski definition) is 10. The zero-order valence-electron chi connectivity index (χ0n) is 24.2. The van der Waals surface area contributed by atoms with E-state index in [1.807, 2.05) is 41.8 Å². The van der Waals surface area contributed by atoms with Crippen molar-refractivity contribution in [1.29, 1.82) is 0 Å². The van der Waals surface area contributed by atoms with Crippen LogP contribution in [-0.4, -0.2) is 92.0 Å². The molecule has 0 N–H and O–H groups in total. The Bertz CT molecular complexity index is 1390. The average molecular weight is 597 g/mol. The van der Waals surface area contributed by atoms with Crippen LogP contribution in [0.3, 0.4) is 0 Å². The summed E-state index contributed by atoms with van der Waals surface area (Å²) in [7, 11) is 3.26. The van der Waals surface area contributed by atoms with Crippen molar-refractivity contribution in [1.82, 2.24) is 19.7 Å². The number of ether oxygens (including phenoxy) is 5. The highest BCUT2D eigenvalue weighted by Gasteiger charge is 2.27. The van der Waals surface area contributed by atoms with E-state index in [0.717, 1.165) is 40.6 Å². The molecule has 2 aromatic carbocycles. The van der Waals surface area contributed by atoms with Crippen LogP contribution in [0.5, 0.6) is 23.0 Å². The van der Waals surface area contributed by atoms with Gasteiger partial charge in [0.05, 0.1) is 27.4 Å². The molecule has 2 aliphatic rings. The third-order valence-corrected chi connectivity index (χ3v) is 8.06. The molecule has 0 saturated carbocycles. The lowest BCUT2D eigenvalue weighted by molar-refractivity contribution is 0.0566. The fourth-order valence-electron chi connectivity index (χ4n) is 4.98. The molecule has 0 atom stereocenters. The van der Waals surface area contributed by atoms with Crippen LogP contribution in [0.2, 0.25) is 0 Å². The van der Waals surface area contributed by atoms with Crippen molar-refractivity contribution in [3.8, 4) is 23.0 Å². The fraction of sp³-hybridized carbons (Fsp3) is 0.433. The van der Waals surface area contributed by atoms with E-state index in [1.54, 1.807) is 30.9 Å². The highest BCUT2D eigenvalue weighted by Crippen LogP contribution is 2.33. The summed E-state index contributed by atoms with van der Waals surface area (Å²) in [6, 6.07) is 12.0. The molecule has 0 bridgehead atoms. The van der Waals surface area contributed by atoms with E-state index < -0.39 is 0 Å². The molecule has 3 aromatic rings. The van der Waals surface area contributed by atoms with E-state index in [9.17, 15) is 9.59 Å². The second kappa shape index (κ2) is 13.8. The van der Waals surface area contributed by atoms with Gasteiger partial charge in [-0.3, -0.25) is 9.69 Å². The molecule has 1 fully saturated rings. The summed E-state index contributed by atoms with van der Waals surface area (Å²) in [5, 5.41) is 2.68. The lowest BCUT2D eigenvalue weighted by Crippen LogP contribution is -2.50. The Kier molecular flexibility index (Phi) is 9.65. The molecular weight excluding hydrogens is 560 g/mol. The maximum atomic E-state index is 13.2.